The standard InChI is InChI=1S/C19H34N6O8.2C2HF3O2/c1-10(27)24-14-11(25-18(21)22)8-13(17(29)30)32-16(14)15(12(28)9-26)33-19(31)23-7-5-3-2-4-6-20;2*3-2(4,5)1(6)7/h8,11-12,14-16,26,28H,2-7,9,20H2,1H3,(H,23,31)(H,24,27)(H,29,30)(H4,21,22,25);2*(H,6,7)/t11-,12+,14+,15-,16+;;/m0../s1. The summed E-state index contributed by atoms with van der Waals surface area (Å²) in [6, 6.07) is -2.26. The van der Waals surface area contributed by atoms with Crippen molar-refractivity contribution in [3.05, 3.63) is 11.8 Å². The van der Waals surface area contributed by atoms with Crippen molar-refractivity contribution in [2.45, 2.75) is 75.4 Å². The molecule has 0 spiro atoms. The summed E-state index contributed by atoms with van der Waals surface area (Å²) in [7, 11) is 0. The monoisotopic (exact) mass is 702 g/mol. The van der Waals surface area contributed by atoms with Gasteiger partial charge in [-0.1, -0.05) is 12.8 Å². The lowest BCUT2D eigenvalue weighted by Gasteiger charge is -2.39. The Kier molecular flexibility index (Phi) is 20.1. The second kappa shape index (κ2) is 21.3. The Morgan fingerprint density at radius 1 is 0.979 bits per heavy atom. The zero-order chi connectivity index (χ0) is 37.1. The lowest BCUT2D eigenvalue weighted by Crippen LogP contribution is -2.61. The summed E-state index contributed by atoms with van der Waals surface area (Å²) in [5.41, 5.74) is 16.3. The highest BCUT2D eigenvalue weighted by atomic mass is 19.4. The summed E-state index contributed by atoms with van der Waals surface area (Å²) in [5, 5.41) is 48.5. The molecule has 1 aliphatic heterocycles. The first-order chi connectivity index (χ1) is 21.5. The fourth-order valence-electron chi connectivity index (χ4n) is 3.24. The Bertz CT molecular complexity index is 1080. The van der Waals surface area contributed by atoms with E-state index in [1.165, 1.54) is 6.92 Å². The number of carboxylic acid groups (broad SMARTS) is 3. The fraction of sp³-hybridized carbons (Fsp3) is 0.652. The number of nitrogens with one attached hydrogen (secondary N) is 2. The van der Waals surface area contributed by atoms with E-state index < -0.39 is 91.0 Å². The predicted octanol–water partition coefficient (Wildman–Crippen LogP) is -1.27. The summed E-state index contributed by atoms with van der Waals surface area (Å²) in [6.07, 6.45) is -11.4. The van der Waals surface area contributed by atoms with E-state index in [0.717, 1.165) is 25.3 Å². The number of alkyl halides is 6. The molecule has 24 heteroatoms. The minimum absolute atomic E-state index is 0.281. The largest absolute Gasteiger partial charge is 0.490 e. The van der Waals surface area contributed by atoms with Crippen LogP contribution in [0.5, 0.6) is 0 Å². The molecule has 1 rings (SSSR count). The Morgan fingerprint density at radius 2 is 1.47 bits per heavy atom. The second-order valence-electron chi connectivity index (χ2n) is 9.04. The molecule has 0 bridgehead atoms. The molecule has 0 unspecified atom stereocenters. The van der Waals surface area contributed by atoms with Gasteiger partial charge in [0.25, 0.3) is 0 Å². The van der Waals surface area contributed by atoms with Crippen LogP contribution in [0.15, 0.2) is 16.8 Å². The van der Waals surface area contributed by atoms with Crippen LogP contribution < -0.4 is 27.8 Å². The van der Waals surface area contributed by atoms with Crippen LogP contribution in [0.25, 0.3) is 0 Å². The van der Waals surface area contributed by atoms with Crippen molar-refractivity contribution in [2.24, 2.45) is 22.2 Å². The molecule has 47 heavy (non-hydrogen) atoms. The van der Waals surface area contributed by atoms with Crippen LogP contribution in [0, 0.1) is 0 Å². The minimum Gasteiger partial charge on any atom is -0.477 e. The van der Waals surface area contributed by atoms with Gasteiger partial charge in [-0.15, -0.1) is 0 Å². The molecule has 0 fully saturated rings. The number of hydrogen-bond donors (Lipinski definition) is 10. The van der Waals surface area contributed by atoms with E-state index in [9.17, 15) is 56.0 Å². The molecule has 1 aliphatic rings. The number of aliphatic hydroxyl groups excluding tert-OH is 2. The Balaban J connectivity index is 0. The number of nitrogens with zero attached hydrogens (tertiary/aromatic N) is 1. The molecule has 0 saturated heterocycles. The third-order valence-corrected chi connectivity index (χ3v) is 5.20. The quantitative estimate of drug-likeness (QED) is 0.0463. The summed E-state index contributed by atoms with van der Waals surface area (Å²) in [5.74, 6) is -8.52. The minimum atomic E-state index is -5.08. The molecule has 0 radical (unpaired) electrons. The number of aliphatic hydroxyl groups is 2. The average Bonchev–Trinajstić information content (AvgIpc) is 2.93. The normalized spacial score (nSPS) is 18.5. The van der Waals surface area contributed by atoms with Gasteiger partial charge in [0.05, 0.1) is 18.7 Å². The van der Waals surface area contributed by atoms with Crippen molar-refractivity contribution in [2.75, 3.05) is 19.7 Å². The van der Waals surface area contributed by atoms with Crippen LogP contribution in [0.1, 0.15) is 32.6 Å². The number of aliphatic imine (C=N–C) groups is 1. The zero-order valence-electron chi connectivity index (χ0n) is 24.5. The topological polar surface area (TPSA) is 319 Å². The molecule has 18 nitrogen and oxygen atoms in total. The van der Waals surface area contributed by atoms with Gasteiger partial charge in [0, 0.05) is 13.5 Å². The first-order valence-electron chi connectivity index (χ1n) is 13.0. The maximum atomic E-state index is 12.3. The zero-order valence-corrected chi connectivity index (χ0v) is 24.5. The summed E-state index contributed by atoms with van der Waals surface area (Å²) < 4.78 is 74.2. The van der Waals surface area contributed by atoms with Crippen LogP contribution in [0.3, 0.4) is 0 Å². The van der Waals surface area contributed by atoms with Gasteiger partial charge in [0.15, 0.2) is 18.2 Å². The van der Waals surface area contributed by atoms with E-state index in [0.29, 0.717) is 13.0 Å². The SMILES string of the molecule is CC(=O)N[C@H]1[C@H]([C@@H](OC(=O)NCCCCCCN)[C@H](O)CO)OC(C(=O)O)=C[C@@H]1N=C(N)N.O=C(O)C(F)(F)F.O=C(O)C(F)(F)F. The van der Waals surface area contributed by atoms with Gasteiger partial charge in [0.2, 0.25) is 11.7 Å². The molecular formula is C23H36F6N6O12. The first-order valence-corrected chi connectivity index (χ1v) is 13.0. The van der Waals surface area contributed by atoms with Crippen molar-refractivity contribution in [3.63, 3.8) is 0 Å². The molecule has 0 aliphatic carbocycles. The molecule has 5 atom stereocenters. The van der Waals surface area contributed by atoms with Gasteiger partial charge in [-0.05, 0) is 25.5 Å². The number of ether oxygens (including phenoxy) is 2. The van der Waals surface area contributed by atoms with Crippen LogP contribution in [-0.4, -0.2) is 124 Å². The number of hydrogen-bond acceptors (Lipinski definition) is 11. The predicted molar refractivity (Wildman–Crippen MR) is 144 cm³/mol. The Labute approximate surface area is 261 Å². The molecule has 0 saturated carbocycles. The van der Waals surface area contributed by atoms with Gasteiger partial charge in [-0.3, -0.25) is 4.79 Å². The number of amides is 2. The smallest absolute Gasteiger partial charge is 0.477 e. The number of carboxylic acids is 3. The van der Waals surface area contributed by atoms with Crippen molar-refractivity contribution in [3.8, 4) is 0 Å². The van der Waals surface area contributed by atoms with Crippen molar-refractivity contribution in [1.82, 2.24) is 10.6 Å². The van der Waals surface area contributed by atoms with Crippen LogP contribution in [0.2, 0.25) is 0 Å². The number of carbonyl (C=O) groups excluding carboxylic acids is 2. The van der Waals surface area contributed by atoms with E-state index in [-0.39, 0.29) is 6.54 Å². The van der Waals surface area contributed by atoms with Gasteiger partial charge in [0.1, 0.15) is 6.10 Å². The van der Waals surface area contributed by atoms with Crippen molar-refractivity contribution < 1.29 is 85.3 Å². The number of rotatable bonds is 13. The molecule has 0 aromatic heterocycles. The Hall–Kier alpha value is -4.58. The first kappa shape index (κ1) is 44.5. The summed E-state index contributed by atoms with van der Waals surface area (Å²) in [4.78, 5) is 57.4. The number of unbranched alkanes of at least 4 members (excludes halogenated alkanes) is 3. The van der Waals surface area contributed by atoms with E-state index in [1.807, 2.05) is 0 Å². The third kappa shape index (κ3) is 19.5. The van der Waals surface area contributed by atoms with E-state index in [2.05, 4.69) is 15.6 Å². The number of aliphatic carboxylic acids is 3. The molecule has 1 heterocycles. The van der Waals surface area contributed by atoms with E-state index in [4.69, 9.17) is 46.5 Å². The molecular weight excluding hydrogens is 666 g/mol. The molecule has 272 valence electrons. The molecule has 13 N–H and O–H groups in total. The average molecular weight is 703 g/mol. The van der Waals surface area contributed by atoms with E-state index >= 15 is 0 Å². The second-order valence-corrected chi connectivity index (χ2v) is 9.04. The summed E-state index contributed by atoms with van der Waals surface area (Å²) >= 11 is 0. The molecule has 2 amide bonds. The maximum absolute atomic E-state index is 12.3. The van der Waals surface area contributed by atoms with Crippen molar-refractivity contribution >= 4 is 35.9 Å². The lowest BCUT2D eigenvalue weighted by atomic mass is 9.92. The van der Waals surface area contributed by atoms with Crippen molar-refractivity contribution in [1.29, 1.82) is 0 Å². The van der Waals surface area contributed by atoms with Crippen LogP contribution >= 0.6 is 0 Å². The van der Waals surface area contributed by atoms with Gasteiger partial charge in [-0.2, -0.15) is 26.3 Å². The van der Waals surface area contributed by atoms with Gasteiger partial charge >= 0.3 is 36.4 Å². The highest BCUT2D eigenvalue weighted by molar-refractivity contribution is 5.85. The van der Waals surface area contributed by atoms with Crippen LogP contribution in [-0.2, 0) is 28.7 Å². The number of guanidine groups is 1. The Morgan fingerprint density at radius 3 is 1.85 bits per heavy atom. The number of nitrogens with two attached hydrogens (primary N) is 3. The highest BCUT2D eigenvalue weighted by Gasteiger charge is 2.46. The van der Waals surface area contributed by atoms with Crippen LogP contribution in [0.4, 0.5) is 31.1 Å². The lowest BCUT2D eigenvalue weighted by molar-refractivity contribution is -0.193. The fourth-order valence-corrected chi connectivity index (χ4v) is 3.24. The third-order valence-electron chi connectivity index (χ3n) is 5.20. The summed E-state index contributed by atoms with van der Waals surface area (Å²) in [6.45, 7) is 1.21. The molecule has 0 aromatic rings. The molecule has 0 aromatic carbocycles. The van der Waals surface area contributed by atoms with E-state index in [1.54, 1.807) is 0 Å². The highest BCUT2D eigenvalue weighted by Crippen LogP contribution is 2.26. The number of alkyl carbamates (subject to hydrolysis) is 1. The maximum Gasteiger partial charge on any atom is 0.490 e. The number of carbonyl (C=O) groups is 5. The van der Waals surface area contributed by atoms with Gasteiger partial charge in [-0.25, -0.2) is 24.2 Å². The number of halogens is 6. The van der Waals surface area contributed by atoms with Gasteiger partial charge < -0.3 is 62.8 Å².